The van der Waals surface area contributed by atoms with Crippen molar-refractivity contribution in [2.75, 3.05) is 12.4 Å². The number of aromatic hydroxyl groups is 2. The van der Waals surface area contributed by atoms with Crippen molar-refractivity contribution >= 4 is 50.6 Å². The number of ketones is 2. The zero-order valence-corrected chi connectivity index (χ0v) is 31.8. The first kappa shape index (κ1) is 38.5. The molecule has 0 spiro atoms. The molecule has 1 amide bonds. The summed E-state index contributed by atoms with van der Waals surface area (Å²) in [5, 5.41) is 48.7. The van der Waals surface area contributed by atoms with Crippen LogP contribution in [0.4, 0.5) is 5.69 Å². The second-order valence-electron chi connectivity index (χ2n) is 14.8. The van der Waals surface area contributed by atoms with Crippen molar-refractivity contribution in [1.82, 2.24) is 9.38 Å². The van der Waals surface area contributed by atoms with Crippen LogP contribution in [0.2, 0.25) is 0 Å². The molecule has 6 rings (SSSR count). The van der Waals surface area contributed by atoms with Gasteiger partial charge in [-0.25, -0.2) is 4.98 Å². The van der Waals surface area contributed by atoms with Gasteiger partial charge in [-0.05, 0) is 44.5 Å². The van der Waals surface area contributed by atoms with Crippen LogP contribution in [-0.4, -0.2) is 78.5 Å². The predicted molar refractivity (Wildman–Crippen MR) is 203 cm³/mol. The number of amides is 1. The Morgan fingerprint density at radius 1 is 0.963 bits per heavy atom. The standard InChI is InChI=1S/C41H47N3O10/c1-18-13-15-44-26(17-18)42-30-27-28-36(48)24(7)38-29(27)39(50)41(8,54-38)53-16-14-25(52-9)21(4)34(46)23(6)35(47)22(5)33(45)19(2)11-10-12-20(3)40(51)43-31(32(30)44)37(28)49/h10-17,19,21-23,25,33,35,45,47-49H,1-9H3,(H,43,51)/b11-10+,16-14+,20-12-/t19-,21+,22+,23-,25-,33-,35+,41-/m0/s1. The molecular formula is C41H47N3O10. The molecule has 286 valence electrons. The third kappa shape index (κ3) is 6.19. The topological polar surface area (TPSA) is 189 Å². The number of anilines is 1. The molecule has 0 radical (unpaired) electrons. The Labute approximate surface area is 312 Å². The number of hydrogen-bond donors (Lipinski definition) is 5. The number of phenols is 2. The largest absolute Gasteiger partial charge is 0.507 e. The number of imidazole rings is 1. The number of allylic oxidation sites excluding steroid dienone is 2. The Bertz CT molecular complexity index is 2310. The lowest BCUT2D eigenvalue weighted by molar-refractivity contribution is -0.135. The van der Waals surface area contributed by atoms with Gasteiger partial charge in [0.15, 0.2) is 5.75 Å². The van der Waals surface area contributed by atoms with E-state index in [1.807, 2.05) is 13.0 Å². The number of aryl methyl sites for hydroxylation is 1. The number of carbonyl (C=O) groups is 3. The summed E-state index contributed by atoms with van der Waals surface area (Å²) >= 11 is 0. The summed E-state index contributed by atoms with van der Waals surface area (Å²) in [7, 11) is 1.42. The van der Waals surface area contributed by atoms with Crippen LogP contribution in [0.1, 0.15) is 63.0 Å². The highest BCUT2D eigenvalue weighted by molar-refractivity contribution is 6.28. The monoisotopic (exact) mass is 741 g/mol. The normalized spacial score (nSPS) is 30.7. The lowest BCUT2D eigenvalue weighted by Gasteiger charge is -2.32. The lowest BCUT2D eigenvalue weighted by Crippen LogP contribution is -2.42. The Balaban J connectivity index is 1.58. The molecule has 8 atom stereocenters. The van der Waals surface area contributed by atoms with Gasteiger partial charge in [0.1, 0.15) is 39.7 Å². The summed E-state index contributed by atoms with van der Waals surface area (Å²) < 4.78 is 19.4. The first-order chi connectivity index (χ1) is 25.4. The second-order valence-corrected chi connectivity index (χ2v) is 14.8. The van der Waals surface area contributed by atoms with E-state index in [1.165, 1.54) is 33.3 Å². The molecule has 2 aromatic heterocycles. The highest BCUT2D eigenvalue weighted by Crippen LogP contribution is 2.54. The molecular weight excluding hydrogens is 694 g/mol. The number of aliphatic hydroxyl groups excluding tert-OH is 2. The Kier molecular flexibility index (Phi) is 10.1. The van der Waals surface area contributed by atoms with Gasteiger partial charge in [-0.1, -0.05) is 45.9 Å². The molecule has 2 aliphatic rings. The number of nitrogens with zero attached hydrogens (tertiary/aromatic N) is 2. The molecule has 4 heterocycles. The molecule has 13 heteroatoms. The minimum Gasteiger partial charge on any atom is -0.507 e. The maximum atomic E-state index is 14.4. The smallest absolute Gasteiger partial charge is 0.312 e. The van der Waals surface area contributed by atoms with Gasteiger partial charge < -0.3 is 40.0 Å². The number of aromatic nitrogens is 2. The number of benzene rings is 2. The van der Waals surface area contributed by atoms with E-state index in [1.54, 1.807) is 69.5 Å². The van der Waals surface area contributed by atoms with E-state index in [9.17, 15) is 34.8 Å². The fraction of sp³-hybridized carbons (Fsp3) is 0.415. The number of ether oxygens (including phenoxy) is 3. The number of phenolic OH excluding ortho intramolecular Hbond substituents is 2. The van der Waals surface area contributed by atoms with E-state index in [2.05, 4.69) is 5.32 Å². The third-order valence-corrected chi connectivity index (χ3v) is 11.0. The first-order valence-corrected chi connectivity index (χ1v) is 17.9. The molecule has 0 saturated heterocycles. The van der Waals surface area contributed by atoms with Crippen molar-refractivity contribution in [2.24, 2.45) is 23.7 Å². The van der Waals surface area contributed by atoms with Gasteiger partial charge in [-0.3, -0.25) is 18.8 Å². The molecule has 2 aromatic carbocycles. The van der Waals surface area contributed by atoms with Crippen molar-refractivity contribution in [3.8, 4) is 17.2 Å². The maximum Gasteiger partial charge on any atom is 0.312 e. The summed E-state index contributed by atoms with van der Waals surface area (Å²) in [6.07, 6.45) is 6.22. The minimum atomic E-state index is -1.95. The van der Waals surface area contributed by atoms with Crippen molar-refractivity contribution in [1.29, 1.82) is 0 Å². The molecule has 0 fully saturated rings. The minimum absolute atomic E-state index is 0.0188. The number of nitrogens with one attached hydrogen (secondary N) is 1. The summed E-state index contributed by atoms with van der Waals surface area (Å²) in [5.41, 5.74) is 2.19. The number of carbonyl (C=O) groups excluding carboxylic acids is 3. The van der Waals surface area contributed by atoms with Crippen LogP contribution in [0.3, 0.4) is 0 Å². The lowest BCUT2D eigenvalue weighted by atomic mass is 9.79. The second kappa shape index (κ2) is 14.2. The quantitative estimate of drug-likeness (QED) is 0.148. The van der Waals surface area contributed by atoms with E-state index in [-0.39, 0.29) is 61.5 Å². The van der Waals surface area contributed by atoms with Gasteiger partial charge in [-0.2, -0.15) is 0 Å². The van der Waals surface area contributed by atoms with Gasteiger partial charge in [0.25, 0.3) is 11.7 Å². The Hall–Kier alpha value is -5.24. The van der Waals surface area contributed by atoms with E-state index < -0.39 is 65.2 Å². The zero-order chi connectivity index (χ0) is 39.5. The predicted octanol–water partition coefficient (Wildman–Crippen LogP) is 5.80. The molecule has 0 unspecified atom stereocenters. The Morgan fingerprint density at radius 3 is 2.35 bits per heavy atom. The average molecular weight is 742 g/mol. The van der Waals surface area contributed by atoms with Crippen LogP contribution >= 0.6 is 0 Å². The van der Waals surface area contributed by atoms with Gasteiger partial charge in [0, 0.05) is 60.4 Å². The number of rotatable bonds is 1. The van der Waals surface area contributed by atoms with Crippen LogP contribution in [0.15, 0.2) is 54.5 Å². The zero-order valence-electron chi connectivity index (χ0n) is 31.8. The number of pyridine rings is 1. The van der Waals surface area contributed by atoms with Crippen molar-refractivity contribution in [2.45, 2.75) is 79.5 Å². The summed E-state index contributed by atoms with van der Waals surface area (Å²) in [6, 6.07) is 3.64. The van der Waals surface area contributed by atoms with Crippen LogP contribution in [0.5, 0.6) is 17.2 Å². The number of methoxy groups -OCH3 is 1. The van der Waals surface area contributed by atoms with Gasteiger partial charge in [-0.15, -0.1) is 0 Å². The molecule has 4 bridgehead atoms. The van der Waals surface area contributed by atoms with Gasteiger partial charge in [0.2, 0.25) is 0 Å². The molecule has 13 nitrogen and oxygen atoms in total. The average Bonchev–Trinajstić information content (AvgIpc) is 3.64. The molecule has 5 N–H and O–H groups in total. The van der Waals surface area contributed by atoms with Crippen molar-refractivity contribution in [3.05, 3.63) is 71.2 Å². The van der Waals surface area contributed by atoms with Gasteiger partial charge >= 0.3 is 5.79 Å². The van der Waals surface area contributed by atoms with Crippen LogP contribution < -0.4 is 10.1 Å². The number of aliphatic hydroxyl groups is 2. The van der Waals surface area contributed by atoms with E-state index in [0.717, 1.165) is 5.56 Å². The summed E-state index contributed by atoms with van der Waals surface area (Å²) in [6.45, 7) is 13.1. The highest BCUT2D eigenvalue weighted by atomic mass is 16.7. The third-order valence-electron chi connectivity index (χ3n) is 11.0. The van der Waals surface area contributed by atoms with Gasteiger partial charge in [0.05, 0.1) is 35.5 Å². The molecule has 0 saturated carbocycles. The summed E-state index contributed by atoms with van der Waals surface area (Å²) in [5.74, 6) is -7.10. The molecule has 54 heavy (non-hydrogen) atoms. The SMILES string of the molecule is CO[C@H]1/C=C/O[C@@]2(C)Oc3c(C)c(O)c4c(O)c(c5c(nc6cc(C)ccn65)c4c3C2=O)NC(=O)/C(C)=C\C=C\[C@H](C)[C@H](O)[C@@H](C)[C@@H](O)[C@@H](C)C(=O)[C@@H]1C. The fourth-order valence-corrected chi connectivity index (χ4v) is 7.47. The van der Waals surface area contributed by atoms with Crippen LogP contribution in [0, 0.1) is 37.5 Å². The first-order valence-electron chi connectivity index (χ1n) is 17.9. The van der Waals surface area contributed by atoms with Crippen LogP contribution in [-0.2, 0) is 19.1 Å². The Morgan fingerprint density at radius 2 is 1.67 bits per heavy atom. The molecule has 2 aliphatic heterocycles. The fourth-order valence-electron chi connectivity index (χ4n) is 7.47. The number of Topliss-reactive ketones (excluding diaryl/α,β-unsaturated/α-hetero) is 2. The number of fused-ring (bicyclic) bond motifs is 2. The molecule has 0 aliphatic carbocycles. The van der Waals surface area contributed by atoms with Crippen molar-refractivity contribution < 1.29 is 49.0 Å². The molecule has 4 aromatic rings. The number of hydrogen-bond acceptors (Lipinski definition) is 11. The van der Waals surface area contributed by atoms with E-state index in [0.29, 0.717) is 5.65 Å². The highest BCUT2D eigenvalue weighted by Gasteiger charge is 2.49. The van der Waals surface area contributed by atoms with Crippen LogP contribution in [0.25, 0.3) is 27.5 Å². The van der Waals surface area contributed by atoms with E-state index in [4.69, 9.17) is 19.2 Å². The summed E-state index contributed by atoms with van der Waals surface area (Å²) in [4.78, 5) is 46.6. The maximum absolute atomic E-state index is 14.4. The van der Waals surface area contributed by atoms with E-state index >= 15 is 0 Å². The van der Waals surface area contributed by atoms with Crippen molar-refractivity contribution in [3.63, 3.8) is 0 Å².